The SMILES string of the molecule is CNc1nc(N)c(C(=O)NC2C3(C)CCC(C3)C2(C)C)s1. The highest BCUT2D eigenvalue weighted by Crippen LogP contribution is 2.62. The summed E-state index contributed by atoms with van der Waals surface area (Å²) in [7, 11) is 1.78. The number of hydrogen-bond donors (Lipinski definition) is 3. The molecule has 1 heterocycles. The van der Waals surface area contributed by atoms with Crippen LogP contribution in [0.5, 0.6) is 0 Å². The van der Waals surface area contributed by atoms with Crippen LogP contribution < -0.4 is 16.4 Å². The largest absolute Gasteiger partial charge is 0.382 e. The van der Waals surface area contributed by atoms with Gasteiger partial charge in [0.05, 0.1) is 0 Å². The van der Waals surface area contributed by atoms with Gasteiger partial charge in [0.15, 0.2) is 5.13 Å². The molecule has 0 aliphatic heterocycles. The average Bonchev–Trinajstić information content (AvgIpc) is 3.03. The minimum atomic E-state index is -0.0849. The first-order valence-corrected chi connectivity index (χ1v) is 8.34. The van der Waals surface area contributed by atoms with Crippen molar-refractivity contribution in [1.82, 2.24) is 10.3 Å². The van der Waals surface area contributed by atoms with Gasteiger partial charge in [-0.05, 0) is 36.0 Å². The third-order valence-electron chi connectivity index (χ3n) is 5.62. The van der Waals surface area contributed by atoms with E-state index in [4.69, 9.17) is 5.73 Å². The van der Waals surface area contributed by atoms with Crippen LogP contribution in [0.3, 0.4) is 0 Å². The first-order valence-electron chi connectivity index (χ1n) is 7.53. The molecule has 1 amide bonds. The van der Waals surface area contributed by atoms with E-state index in [9.17, 15) is 4.79 Å². The van der Waals surface area contributed by atoms with Crippen molar-refractivity contribution >= 4 is 28.2 Å². The van der Waals surface area contributed by atoms with Gasteiger partial charge >= 0.3 is 0 Å². The Balaban J connectivity index is 1.83. The second kappa shape index (κ2) is 4.60. The van der Waals surface area contributed by atoms with Crippen LogP contribution in [0.25, 0.3) is 0 Å². The Morgan fingerprint density at radius 1 is 1.43 bits per heavy atom. The fraction of sp³-hybridized carbons (Fsp3) is 0.733. The molecule has 21 heavy (non-hydrogen) atoms. The quantitative estimate of drug-likeness (QED) is 0.802. The smallest absolute Gasteiger partial charge is 0.265 e. The summed E-state index contributed by atoms with van der Waals surface area (Å²) in [5.41, 5.74) is 6.23. The lowest BCUT2D eigenvalue weighted by Crippen LogP contribution is -2.52. The zero-order chi connectivity index (χ0) is 15.4. The highest BCUT2D eigenvalue weighted by molar-refractivity contribution is 7.18. The summed E-state index contributed by atoms with van der Waals surface area (Å²) in [6.45, 7) is 6.87. The molecule has 1 aromatic heterocycles. The Labute approximate surface area is 129 Å². The highest BCUT2D eigenvalue weighted by atomic mass is 32.1. The second-order valence-corrected chi connectivity index (χ2v) is 8.30. The minimum absolute atomic E-state index is 0.0849. The van der Waals surface area contributed by atoms with Crippen molar-refractivity contribution in [3.8, 4) is 0 Å². The Hall–Kier alpha value is -1.30. The summed E-state index contributed by atoms with van der Waals surface area (Å²) in [5, 5.41) is 6.87. The van der Waals surface area contributed by atoms with Gasteiger partial charge in [-0.2, -0.15) is 0 Å². The molecule has 0 spiro atoms. The molecule has 0 saturated heterocycles. The predicted molar refractivity (Wildman–Crippen MR) is 86.6 cm³/mol. The molecule has 5 nitrogen and oxygen atoms in total. The number of amides is 1. The molecule has 4 N–H and O–H groups in total. The fourth-order valence-corrected chi connectivity index (χ4v) is 5.20. The molecule has 3 atom stereocenters. The molecule has 3 rings (SSSR count). The maximum atomic E-state index is 12.6. The van der Waals surface area contributed by atoms with Gasteiger partial charge in [0.25, 0.3) is 5.91 Å². The van der Waals surface area contributed by atoms with Crippen molar-refractivity contribution in [3.63, 3.8) is 0 Å². The van der Waals surface area contributed by atoms with E-state index in [1.165, 1.54) is 30.6 Å². The van der Waals surface area contributed by atoms with E-state index in [1.54, 1.807) is 7.05 Å². The van der Waals surface area contributed by atoms with Crippen LogP contribution in [0.4, 0.5) is 10.9 Å². The molecule has 2 saturated carbocycles. The van der Waals surface area contributed by atoms with Crippen molar-refractivity contribution in [3.05, 3.63) is 4.88 Å². The van der Waals surface area contributed by atoms with Crippen molar-refractivity contribution in [2.24, 2.45) is 16.7 Å². The normalized spacial score (nSPS) is 33.1. The molecule has 0 radical (unpaired) electrons. The van der Waals surface area contributed by atoms with E-state index in [0.717, 1.165) is 0 Å². The van der Waals surface area contributed by atoms with E-state index in [0.29, 0.717) is 21.7 Å². The van der Waals surface area contributed by atoms with E-state index in [1.807, 2.05) is 0 Å². The maximum absolute atomic E-state index is 12.6. The Morgan fingerprint density at radius 2 is 2.14 bits per heavy atom. The average molecular weight is 308 g/mol. The molecule has 6 heteroatoms. The van der Waals surface area contributed by atoms with Gasteiger partial charge in [-0.25, -0.2) is 4.98 Å². The van der Waals surface area contributed by atoms with E-state index in [2.05, 4.69) is 36.4 Å². The molecular formula is C15H24N4OS. The topological polar surface area (TPSA) is 80.0 Å². The van der Waals surface area contributed by atoms with Crippen LogP contribution in [0.1, 0.15) is 49.7 Å². The van der Waals surface area contributed by atoms with Crippen LogP contribution in [-0.2, 0) is 0 Å². The molecule has 0 aromatic carbocycles. The Morgan fingerprint density at radius 3 is 2.67 bits per heavy atom. The lowest BCUT2D eigenvalue weighted by atomic mass is 9.68. The molecule has 3 unspecified atom stereocenters. The number of nitrogens with zero attached hydrogens (tertiary/aromatic N) is 1. The Kier molecular flexibility index (Phi) is 3.20. The summed E-state index contributed by atoms with van der Waals surface area (Å²) in [4.78, 5) is 17.3. The number of nitrogens with one attached hydrogen (secondary N) is 2. The number of aromatic nitrogens is 1. The summed E-state index contributed by atoms with van der Waals surface area (Å²) < 4.78 is 0. The number of nitrogens with two attached hydrogens (primary N) is 1. The number of carbonyl (C=O) groups is 1. The number of rotatable bonds is 3. The summed E-state index contributed by atoms with van der Waals surface area (Å²) in [6.07, 6.45) is 3.69. The molecule has 116 valence electrons. The van der Waals surface area contributed by atoms with Crippen LogP contribution in [-0.4, -0.2) is 24.0 Å². The number of fused-ring (bicyclic) bond motifs is 2. The number of hydrogen-bond acceptors (Lipinski definition) is 5. The van der Waals surface area contributed by atoms with Crippen molar-refractivity contribution in [2.45, 2.75) is 46.1 Å². The van der Waals surface area contributed by atoms with E-state index in [-0.39, 0.29) is 22.8 Å². The molecule has 1 aromatic rings. The zero-order valence-electron chi connectivity index (χ0n) is 13.1. The standard InChI is InChI=1S/C15H24N4OS/c1-14(2)8-5-6-15(3,7-8)12(14)19-11(20)9-10(16)18-13(17-4)21-9/h8,12H,5-7,16H2,1-4H3,(H,17,18)(H,19,20). The monoisotopic (exact) mass is 308 g/mol. The number of carbonyl (C=O) groups excluding carboxylic acids is 1. The second-order valence-electron chi connectivity index (χ2n) is 7.30. The summed E-state index contributed by atoms with van der Waals surface area (Å²) >= 11 is 1.31. The van der Waals surface area contributed by atoms with Crippen LogP contribution in [0.15, 0.2) is 0 Å². The van der Waals surface area contributed by atoms with E-state index < -0.39 is 0 Å². The lowest BCUT2D eigenvalue weighted by molar-refractivity contribution is 0.0742. The third-order valence-corrected chi connectivity index (χ3v) is 6.71. The van der Waals surface area contributed by atoms with Gasteiger partial charge in [-0.15, -0.1) is 0 Å². The first kappa shape index (κ1) is 14.6. The molecule has 2 aliphatic rings. The molecule has 2 fully saturated rings. The molecule has 2 aliphatic carbocycles. The van der Waals surface area contributed by atoms with Gasteiger partial charge in [0.2, 0.25) is 0 Å². The van der Waals surface area contributed by atoms with Crippen molar-refractivity contribution in [1.29, 1.82) is 0 Å². The molecular weight excluding hydrogens is 284 g/mol. The number of nitrogen functional groups attached to an aromatic ring is 1. The van der Waals surface area contributed by atoms with Crippen LogP contribution in [0, 0.1) is 16.7 Å². The molecule has 2 bridgehead atoms. The van der Waals surface area contributed by atoms with Crippen molar-refractivity contribution < 1.29 is 4.79 Å². The van der Waals surface area contributed by atoms with Crippen LogP contribution >= 0.6 is 11.3 Å². The van der Waals surface area contributed by atoms with Gasteiger partial charge < -0.3 is 16.4 Å². The lowest BCUT2D eigenvalue weighted by Gasteiger charge is -2.43. The predicted octanol–water partition coefficient (Wildman–Crippen LogP) is 2.71. The first-order chi connectivity index (χ1) is 9.78. The summed E-state index contributed by atoms with van der Waals surface area (Å²) in [5.74, 6) is 0.936. The van der Waals surface area contributed by atoms with Crippen molar-refractivity contribution in [2.75, 3.05) is 18.1 Å². The highest BCUT2D eigenvalue weighted by Gasteiger charge is 2.59. The van der Waals surface area contributed by atoms with Gasteiger partial charge in [0, 0.05) is 13.1 Å². The number of thiazole rings is 1. The Bertz CT molecular complexity index is 577. The summed E-state index contributed by atoms with van der Waals surface area (Å²) in [6, 6.07) is 0.204. The maximum Gasteiger partial charge on any atom is 0.265 e. The third kappa shape index (κ3) is 2.11. The van der Waals surface area contributed by atoms with Gasteiger partial charge in [-0.1, -0.05) is 32.1 Å². The zero-order valence-corrected chi connectivity index (χ0v) is 13.9. The fourth-order valence-electron chi connectivity index (χ4n) is 4.46. The van der Waals surface area contributed by atoms with Gasteiger partial charge in [0.1, 0.15) is 10.7 Å². The minimum Gasteiger partial charge on any atom is -0.382 e. The van der Waals surface area contributed by atoms with Gasteiger partial charge in [-0.3, -0.25) is 4.79 Å². The van der Waals surface area contributed by atoms with E-state index >= 15 is 0 Å². The number of anilines is 2. The van der Waals surface area contributed by atoms with Crippen LogP contribution in [0.2, 0.25) is 0 Å².